The zero-order valence-electron chi connectivity index (χ0n) is 15.6. The number of hydrogen-bond acceptors (Lipinski definition) is 6. The van der Waals surface area contributed by atoms with Crippen molar-refractivity contribution >= 4 is 22.5 Å². The van der Waals surface area contributed by atoms with Gasteiger partial charge in [0.1, 0.15) is 5.82 Å². The minimum absolute atomic E-state index is 0.0335. The number of Topliss-reactive ketones (excluding diaryl/α,β-unsaturated/α-hetero) is 1. The number of terminal acetylenes is 1. The minimum Gasteiger partial charge on any atom is -0.480 e. The minimum atomic E-state index is 0.0335. The van der Waals surface area contributed by atoms with Gasteiger partial charge in [-0.25, -0.2) is 9.97 Å². The monoisotopic (exact) mass is 360 g/mol. The Kier molecular flexibility index (Phi) is 5.32. The molecule has 0 aliphatic rings. The second-order valence-corrected chi connectivity index (χ2v) is 6.16. The number of nitrogens with zero attached hydrogens (tertiary/aromatic N) is 4. The first kappa shape index (κ1) is 18.3. The molecule has 0 spiro atoms. The second-order valence-electron chi connectivity index (χ2n) is 6.16. The summed E-state index contributed by atoms with van der Waals surface area (Å²) in [7, 11) is 1.58. The van der Waals surface area contributed by atoms with Gasteiger partial charge in [-0.3, -0.25) is 4.79 Å². The Morgan fingerprint density at radius 1 is 1.26 bits per heavy atom. The fraction of sp³-hybridized carbons (Fsp3) is 0.238. The van der Waals surface area contributed by atoms with Gasteiger partial charge in [0, 0.05) is 24.0 Å². The van der Waals surface area contributed by atoms with Crippen molar-refractivity contribution in [1.29, 1.82) is 0 Å². The maximum absolute atomic E-state index is 11.5. The predicted molar refractivity (Wildman–Crippen MR) is 105 cm³/mol. The molecule has 27 heavy (non-hydrogen) atoms. The average molecular weight is 360 g/mol. The first-order chi connectivity index (χ1) is 13.0. The fourth-order valence-electron chi connectivity index (χ4n) is 2.85. The number of aromatic nitrogens is 3. The van der Waals surface area contributed by atoms with Gasteiger partial charge in [0.05, 0.1) is 19.0 Å². The summed E-state index contributed by atoms with van der Waals surface area (Å²) in [5, 5.41) is 0.758. The number of fused-ring (bicyclic) bond motifs is 1. The van der Waals surface area contributed by atoms with E-state index in [0.29, 0.717) is 36.0 Å². The molecule has 6 heteroatoms. The molecule has 0 bridgehead atoms. The van der Waals surface area contributed by atoms with E-state index < -0.39 is 0 Å². The molecule has 2 heterocycles. The summed E-state index contributed by atoms with van der Waals surface area (Å²) in [5.41, 5.74) is 3.16. The molecule has 0 radical (unpaired) electrons. The van der Waals surface area contributed by atoms with E-state index in [4.69, 9.17) is 11.2 Å². The van der Waals surface area contributed by atoms with Crippen LogP contribution < -0.4 is 9.64 Å². The van der Waals surface area contributed by atoms with Crippen LogP contribution in [0.1, 0.15) is 28.7 Å². The molecule has 0 unspecified atom stereocenters. The number of carbonyl (C=O) groups excluding carboxylic acids is 1. The van der Waals surface area contributed by atoms with E-state index in [0.717, 1.165) is 16.6 Å². The molecule has 0 saturated carbocycles. The van der Waals surface area contributed by atoms with Crippen molar-refractivity contribution in [3.8, 4) is 18.2 Å². The smallest absolute Gasteiger partial charge is 0.226 e. The molecule has 1 aromatic carbocycles. The number of rotatable bonds is 6. The lowest BCUT2D eigenvalue weighted by molar-refractivity contribution is 0.101. The van der Waals surface area contributed by atoms with Crippen molar-refractivity contribution in [2.45, 2.75) is 20.4 Å². The van der Waals surface area contributed by atoms with Crippen LogP contribution in [0.2, 0.25) is 0 Å². The van der Waals surface area contributed by atoms with Gasteiger partial charge in [-0.1, -0.05) is 5.92 Å². The Bertz CT molecular complexity index is 1020. The highest BCUT2D eigenvalue weighted by molar-refractivity contribution is 5.94. The molecule has 0 saturated heterocycles. The van der Waals surface area contributed by atoms with Gasteiger partial charge in [-0.05, 0) is 49.7 Å². The lowest BCUT2D eigenvalue weighted by Gasteiger charge is -2.23. The van der Waals surface area contributed by atoms with E-state index in [2.05, 4.69) is 20.9 Å². The summed E-state index contributed by atoms with van der Waals surface area (Å²) in [6, 6.07) is 9.37. The van der Waals surface area contributed by atoms with Crippen LogP contribution >= 0.6 is 0 Å². The van der Waals surface area contributed by atoms with Gasteiger partial charge >= 0.3 is 0 Å². The van der Waals surface area contributed by atoms with Gasteiger partial charge in [0.25, 0.3) is 0 Å². The van der Waals surface area contributed by atoms with Gasteiger partial charge < -0.3 is 9.64 Å². The molecular weight excluding hydrogens is 340 g/mol. The van der Waals surface area contributed by atoms with E-state index in [1.165, 1.54) is 0 Å². The Hall–Kier alpha value is -3.46. The second kappa shape index (κ2) is 7.83. The van der Waals surface area contributed by atoms with Gasteiger partial charge in [-0.15, -0.1) is 6.42 Å². The van der Waals surface area contributed by atoms with Gasteiger partial charge in [0.15, 0.2) is 11.4 Å². The Morgan fingerprint density at radius 3 is 2.63 bits per heavy atom. The number of pyridine rings is 1. The number of methoxy groups -OCH3 is 1. The molecule has 3 rings (SSSR count). The summed E-state index contributed by atoms with van der Waals surface area (Å²) in [5.74, 6) is 3.83. The zero-order chi connectivity index (χ0) is 19.4. The third-order valence-electron chi connectivity index (χ3n) is 4.17. The van der Waals surface area contributed by atoms with E-state index in [1.54, 1.807) is 39.3 Å². The van der Waals surface area contributed by atoms with Crippen molar-refractivity contribution in [3.63, 3.8) is 0 Å². The van der Waals surface area contributed by atoms with Crippen LogP contribution in [0.4, 0.5) is 5.69 Å². The third kappa shape index (κ3) is 4.04. The highest BCUT2D eigenvalue weighted by atomic mass is 16.5. The third-order valence-corrected chi connectivity index (χ3v) is 4.17. The topological polar surface area (TPSA) is 68.2 Å². The fourth-order valence-corrected chi connectivity index (χ4v) is 2.85. The SMILES string of the molecule is C#CCN(Cc1cnc2nc(C)nc(OC)c2c1)c1ccc(C(C)=O)cc1. The Labute approximate surface area is 158 Å². The standard InChI is InChI=1S/C21H20N4O2/c1-5-10-25(18-8-6-17(7-9-18)14(2)26)13-16-11-19-20(22-12-16)23-15(3)24-21(19)27-4/h1,6-9,11-12H,10,13H2,2-4H3. The van der Waals surface area contributed by atoms with Crippen molar-refractivity contribution in [3.05, 3.63) is 53.5 Å². The molecular formula is C21H20N4O2. The van der Waals surface area contributed by atoms with E-state index in [-0.39, 0.29) is 5.78 Å². The number of anilines is 1. The molecule has 6 nitrogen and oxygen atoms in total. The van der Waals surface area contributed by atoms with Gasteiger partial charge in [0.2, 0.25) is 5.88 Å². The molecule has 3 aromatic rings. The maximum atomic E-state index is 11.5. The van der Waals surface area contributed by atoms with Crippen molar-refractivity contribution < 1.29 is 9.53 Å². The quantitative estimate of drug-likeness (QED) is 0.497. The lowest BCUT2D eigenvalue weighted by atomic mass is 10.1. The molecule has 0 aliphatic heterocycles. The number of aryl methyl sites for hydroxylation is 1. The number of carbonyl (C=O) groups is 1. The van der Waals surface area contributed by atoms with Crippen LogP contribution in [-0.2, 0) is 6.54 Å². The van der Waals surface area contributed by atoms with Crippen LogP contribution in [0.25, 0.3) is 11.0 Å². The number of ketones is 1. The van der Waals surface area contributed by atoms with E-state index in [1.807, 2.05) is 23.1 Å². The molecule has 2 aromatic heterocycles. The number of ether oxygens (including phenoxy) is 1. The molecule has 0 fully saturated rings. The van der Waals surface area contributed by atoms with Crippen LogP contribution in [0.5, 0.6) is 5.88 Å². The van der Waals surface area contributed by atoms with Crippen molar-refractivity contribution in [2.24, 2.45) is 0 Å². The van der Waals surface area contributed by atoms with Crippen molar-refractivity contribution in [2.75, 3.05) is 18.6 Å². The molecule has 0 amide bonds. The van der Waals surface area contributed by atoms with Crippen LogP contribution in [0, 0.1) is 19.3 Å². The van der Waals surface area contributed by atoms with Crippen LogP contribution in [0.15, 0.2) is 36.5 Å². The Balaban J connectivity index is 1.93. The highest BCUT2D eigenvalue weighted by Crippen LogP contribution is 2.24. The lowest BCUT2D eigenvalue weighted by Crippen LogP contribution is -2.23. The van der Waals surface area contributed by atoms with Crippen molar-refractivity contribution in [1.82, 2.24) is 15.0 Å². The number of hydrogen-bond donors (Lipinski definition) is 0. The molecule has 0 aliphatic carbocycles. The summed E-state index contributed by atoms with van der Waals surface area (Å²) >= 11 is 0. The summed E-state index contributed by atoms with van der Waals surface area (Å²) < 4.78 is 5.37. The summed E-state index contributed by atoms with van der Waals surface area (Å²) in [6.45, 7) is 4.34. The first-order valence-corrected chi connectivity index (χ1v) is 8.48. The van der Waals surface area contributed by atoms with Gasteiger partial charge in [-0.2, -0.15) is 4.98 Å². The highest BCUT2D eigenvalue weighted by Gasteiger charge is 2.12. The first-order valence-electron chi connectivity index (χ1n) is 8.48. The van der Waals surface area contributed by atoms with Crippen LogP contribution in [-0.4, -0.2) is 34.4 Å². The van der Waals surface area contributed by atoms with Crippen LogP contribution in [0.3, 0.4) is 0 Å². The molecule has 0 N–H and O–H groups in total. The normalized spacial score (nSPS) is 10.4. The summed E-state index contributed by atoms with van der Waals surface area (Å²) in [6.07, 6.45) is 7.33. The largest absolute Gasteiger partial charge is 0.480 e. The molecule has 0 atom stereocenters. The predicted octanol–water partition coefficient (Wildman–Crippen LogP) is 3.18. The zero-order valence-corrected chi connectivity index (χ0v) is 15.6. The van der Waals surface area contributed by atoms with E-state index in [9.17, 15) is 4.79 Å². The van der Waals surface area contributed by atoms with E-state index >= 15 is 0 Å². The molecule has 136 valence electrons. The average Bonchev–Trinajstić information content (AvgIpc) is 2.67. The maximum Gasteiger partial charge on any atom is 0.226 e. The number of benzene rings is 1. The summed E-state index contributed by atoms with van der Waals surface area (Å²) in [4.78, 5) is 26.6. The Morgan fingerprint density at radius 2 is 2.00 bits per heavy atom.